The molecular formula is C57H67N2O8P. The summed E-state index contributed by atoms with van der Waals surface area (Å²) in [6.45, 7) is 11.8. The van der Waals surface area contributed by atoms with E-state index in [1.54, 1.807) is 28.4 Å². The summed E-state index contributed by atoms with van der Waals surface area (Å²) in [4.78, 5) is 0. The first-order valence-electron chi connectivity index (χ1n) is 23.1. The lowest BCUT2D eigenvalue weighted by molar-refractivity contribution is -0.0710. The number of ether oxygens (including phenoxy) is 6. The molecular weight excluding hydrogens is 872 g/mol. The molecule has 6 aromatic rings. The molecule has 0 fully saturated rings. The standard InChI is InChI=1S/C57H67N2O8P/c1-43(2)59(44(3)4)68(66-39-16-38-58)67-42-55(5,41-65-57(46-19-14-11-15-20-46,49-25-33-53(62-8)34-26-49)50-27-35-54(63-9)36-28-50)37-40-64-56(45-17-12-10-13-18-45,47-21-29-51(60-6)30-22-47)48-23-31-52(61-7)32-24-48/h10-15,17-36,43-44H,16,37,39-42H2,1-9H3. The number of benzene rings is 6. The van der Waals surface area contributed by atoms with Gasteiger partial charge in [0, 0.05) is 24.1 Å². The SMILES string of the molecule is COc1ccc(C(OCCC(C)(COP(OCCC#N)N(C(C)C)C(C)C)COC(c2ccccc2)(c2ccc(OC)cc2)c2ccc(OC)cc2)(c2ccccc2)c2ccc(OC)cc2)cc1. The number of methoxy groups -OCH3 is 4. The smallest absolute Gasteiger partial charge is 0.259 e. The van der Waals surface area contributed by atoms with Crippen molar-refractivity contribution >= 4 is 8.53 Å². The highest BCUT2D eigenvalue weighted by molar-refractivity contribution is 7.44. The van der Waals surface area contributed by atoms with Crippen LogP contribution in [0.1, 0.15) is 80.8 Å². The van der Waals surface area contributed by atoms with Crippen molar-refractivity contribution in [3.8, 4) is 29.1 Å². The summed E-state index contributed by atoms with van der Waals surface area (Å²) >= 11 is 0. The summed E-state index contributed by atoms with van der Waals surface area (Å²) < 4.78 is 53.4. The highest BCUT2D eigenvalue weighted by atomic mass is 31.2. The van der Waals surface area contributed by atoms with E-state index in [9.17, 15) is 5.26 Å². The fourth-order valence-corrected chi connectivity index (χ4v) is 10.4. The van der Waals surface area contributed by atoms with E-state index in [0.29, 0.717) is 13.0 Å². The van der Waals surface area contributed by atoms with Crippen LogP contribution < -0.4 is 18.9 Å². The summed E-state index contributed by atoms with van der Waals surface area (Å²) in [6, 6.07) is 55.4. The Bertz CT molecular complexity index is 2340. The molecule has 0 spiro atoms. The van der Waals surface area contributed by atoms with Gasteiger partial charge in [0.2, 0.25) is 0 Å². The molecule has 0 saturated carbocycles. The number of rotatable bonds is 26. The van der Waals surface area contributed by atoms with E-state index in [1.807, 2.05) is 84.9 Å². The third-order valence-electron chi connectivity index (χ3n) is 12.2. The lowest BCUT2D eigenvalue weighted by atomic mass is 9.79. The Labute approximate surface area is 405 Å². The van der Waals surface area contributed by atoms with Crippen molar-refractivity contribution < 1.29 is 37.5 Å². The zero-order valence-electron chi connectivity index (χ0n) is 41.0. The molecule has 0 aliphatic carbocycles. The predicted molar refractivity (Wildman–Crippen MR) is 270 cm³/mol. The molecule has 2 atom stereocenters. The van der Waals surface area contributed by atoms with Gasteiger partial charge in [-0.1, -0.05) is 116 Å². The van der Waals surface area contributed by atoms with E-state index in [-0.39, 0.29) is 38.3 Å². The van der Waals surface area contributed by atoms with Gasteiger partial charge in [0.15, 0.2) is 0 Å². The van der Waals surface area contributed by atoms with Crippen LogP contribution >= 0.6 is 8.53 Å². The molecule has 2 unspecified atom stereocenters. The van der Waals surface area contributed by atoms with E-state index < -0.39 is 25.1 Å². The van der Waals surface area contributed by atoms with Gasteiger partial charge in [0.1, 0.15) is 34.2 Å². The van der Waals surface area contributed by atoms with Crippen LogP contribution in [-0.4, -0.2) is 71.6 Å². The second-order valence-corrected chi connectivity index (χ2v) is 19.0. The maximum absolute atomic E-state index is 9.51. The predicted octanol–water partition coefficient (Wildman–Crippen LogP) is 12.7. The first kappa shape index (κ1) is 51.6. The molecule has 0 radical (unpaired) electrons. The second kappa shape index (κ2) is 24.5. The monoisotopic (exact) mass is 938 g/mol. The van der Waals surface area contributed by atoms with Gasteiger partial charge in [0.05, 0.1) is 60.7 Å². The van der Waals surface area contributed by atoms with Crippen LogP contribution in [0.25, 0.3) is 0 Å². The quantitative estimate of drug-likeness (QED) is 0.0297. The van der Waals surface area contributed by atoms with Crippen molar-refractivity contribution in [1.29, 1.82) is 5.26 Å². The average molecular weight is 939 g/mol. The highest BCUT2D eigenvalue weighted by Crippen LogP contribution is 2.49. The minimum Gasteiger partial charge on any atom is -0.497 e. The van der Waals surface area contributed by atoms with Gasteiger partial charge < -0.3 is 37.5 Å². The maximum atomic E-state index is 9.51. The molecule has 0 aliphatic rings. The Morgan fingerprint density at radius 3 is 1.16 bits per heavy atom. The summed E-state index contributed by atoms with van der Waals surface area (Å²) in [5.74, 6) is 2.96. The van der Waals surface area contributed by atoms with Crippen molar-refractivity contribution in [2.45, 2.75) is 70.7 Å². The summed E-state index contributed by atoms with van der Waals surface area (Å²) in [6.07, 6.45) is 0.761. The van der Waals surface area contributed by atoms with Gasteiger partial charge in [-0.2, -0.15) is 5.26 Å². The lowest BCUT2D eigenvalue weighted by Gasteiger charge is -2.42. The number of hydrogen-bond donors (Lipinski definition) is 0. The van der Waals surface area contributed by atoms with E-state index in [1.165, 1.54) is 0 Å². The Hall–Kier alpha value is -5.76. The van der Waals surface area contributed by atoms with Crippen LogP contribution in [0.15, 0.2) is 158 Å². The molecule has 0 amide bonds. The zero-order chi connectivity index (χ0) is 48.6. The Morgan fingerprint density at radius 1 is 0.471 bits per heavy atom. The van der Waals surface area contributed by atoms with Crippen molar-refractivity contribution in [3.05, 3.63) is 191 Å². The molecule has 11 heteroatoms. The summed E-state index contributed by atoms with van der Waals surface area (Å²) in [5.41, 5.74) is 2.80. The number of hydrogen-bond acceptors (Lipinski definition) is 10. The maximum Gasteiger partial charge on any atom is 0.259 e. The fraction of sp³-hybridized carbons (Fsp3) is 0.351. The second-order valence-electron chi connectivity index (χ2n) is 17.5. The van der Waals surface area contributed by atoms with Crippen LogP contribution in [0.3, 0.4) is 0 Å². The summed E-state index contributed by atoms with van der Waals surface area (Å²) in [7, 11) is 5.09. The van der Waals surface area contributed by atoms with Gasteiger partial charge in [-0.15, -0.1) is 0 Å². The Morgan fingerprint density at radius 2 is 0.824 bits per heavy atom. The molecule has 0 N–H and O–H groups in total. The van der Waals surface area contributed by atoms with E-state index >= 15 is 0 Å². The summed E-state index contributed by atoms with van der Waals surface area (Å²) in [5, 5.41) is 9.51. The van der Waals surface area contributed by atoms with Crippen LogP contribution in [0.2, 0.25) is 0 Å². The van der Waals surface area contributed by atoms with Gasteiger partial charge >= 0.3 is 0 Å². The number of nitrogens with zero attached hydrogens (tertiary/aromatic N) is 2. The van der Waals surface area contributed by atoms with Gasteiger partial charge in [-0.25, -0.2) is 4.67 Å². The molecule has 6 rings (SSSR count). The molecule has 10 nitrogen and oxygen atoms in total. The van der Waals surface area contributed by atoms with Crippen molar-refractivity contribution in [1.82, 2.24) is 4.67 Å². The minimum atomic E-state index is -1.58. The lowest BCUT2D eigenvalue weighted by Crippen LogP contribution is -2.41. The molecule has 358 valence electrons. The zero-order valence-corrected chi connectivity index (χ0v) is 41.9. The first-order valence-corrected chi connectivity index (χ1v) is 24.3. The topological polar surface area (TPSA) is 101 Å². The highest BCUT2D eigenvalue weighted by Gasteiger charge is 2.43. The van der Waals surface area contributed by atoms with Crippen LogP contribution in [0, 0.1) is 16.7 Å². The van der Waals surface area contributed by atoms with Crippen LogP contribution in [0.4, 0.5) is 0 Å². The molecule has 0 saturated heterocycles. The largest absolute Gasteiger partial charge is 0.497 e. The molecule has 68 heavy (non-hydrogen) atoms. The molecule has 0 aliphatic heterocycles. The number of nitriles is 1. The molecule has 0 aromatic heterocycles. The van der Waals surface area contributed by atoms with Gasteiger partial charge in [0.25, 0.3) is 8.53 Å². The third kappa shape index (κ3) is 12.1. The van der Waals surface area contributed by atoms with E-state index in [4.69, 9.17) is 37.5 Å². The van der Waals surface area contributed by atoms with Gasteiger partial charge in [-0.05, 0) is 116 Å². The fourth-order valence-electron chi connectivity index (χ4n) is 8.59. The van der Waals surface area contributed by atoms with E-state index in [0.717, 1.165) is 56.4 Å². The normalized spacial score (nSPS) is 13.2. The van der Waals surface area contributed by atoms with Crippen molar-refractivity contribution in [2.24, 2.45) is 5.41 Å². The third-order valence-corrected chi connectivity index (χ3v) is 14.2. The van der Waals surface area contributed by atoms with Crippen molar-refractivity contribution in [3.63, 3.8) is 0 Å². The average Bonchev–Trinajstić information content (AvgIpc) is 3.38. The Kier molecular flexibility index (Phi) is 18.6. The molecule has 6 aromatic carbocycles. The van der Waals surface area contributed by atoms with Crippen LogP contribution in [-0.2, 0) is 29.7 Å². The molecule has 0 bridgehead atoms. The van der Waals surface area contributed by atoms with Crippen molar-refractivity contribution in [2.75, 3.05) is 54.9 Å². The molecule has 0 heterocycles. The Balaban J connectivity index is 1.48. The van der Waals surface area contributed by atoms with Gasteiger partial charge in [-0.3, -0.25) is 0 Å². The minimum absolute atomic E-state index is 0.116. The van der Waals surface area contributed by atoms with Crippen LogP contribution in [0.5, 0.6) is 23.0 Å². The first-order chi connectivity index (χ1) is 33.0. The van der Waals surface area contributed by atoms with E-state index in [2.05, 4.69) is 118 Å².